The number of likely N-dealkylation sites (tertiary alicyclic amines) is 2. The summed E-state index contributed by atoms with van der Waals surface area (Å²) in [5.74, 6) is 0.840. The molecule has 1 atom stereocenters. The van der Waals surface area contributed by atoms with Crippen molar-refractivity contribution in [2.45, 2.75) is 25.3 Å². The lowest BCUT2D eigenvalue weighted by Gasteiger charge is -2.39. The number of methoxy groups -OCH3 is 1. The largest absolute Gasteiger partial charge is 0.484 e. The van der Waals surface area contributed by atoms with Crippen LogP contribution in [-0.2, 0) is 9.53 Å². The molecule has 2 heterocycles. The van der Waals surface area contributed by atoms with Gasteiger partial charge in [-0.25, -0.2) is 0 Å². The van der Waals surface area contributed by atoms with Gasteiger partial charge in [0.15, 0.2) is 6.61 Å². The van der Waals surface area contributed by atoms with Crippen LogP contribution in [0.5, 0.6) is 5.75 Å². The van der Waals surface area contributed by atoms with E-state index in [9.17, 15) is 4.79 Å². The van der Waals surface area contributed by atoms with Gasteiger partial charge in [0.05, 0.1) is 6.61 Å². The van der Waals surface area contributed by atoms with Gasteiger partial charge in [-0.3, -0.25) is 4.79 Å². The Labute approximate surface area is 144 Å². The maximum absolute atomic E-state index is 12.4. The Morgan fingerprint density at radius 3 is 2.62 bits per heavy atom. The molecular weight excluding hydrogens is 304 g/mol. The van der Waals surface area contributed by atoms with Crippen LogP contribution in [0.25, 0.3) is 0 Å². The first-order valence-electron chi connectivity index (χ1n) is 8.77. The minimum atomic E-state index is 0.0912. The van der Waals surface area contributed by atoms with Crippen molar-refractivity contribution in [1.82, 2.24) is 9.80 Å². The van der Waals surface area contributed by atoms with Gasteiger partial charge in [-0.1, -0.05) is 18.2 Å². The van der Waals surface area contributed by atoms with Crippen LogP contribution >= 0.6 is 0 Å². The van der Waals surface area contributed by atoms with Crippen molar-refractivity contribution < 1.29 is 14.3 Å². The number of piperidine rings is 1. The van der Waals surface area contributed by atoms with Gasteiger partial charge in [0.1, 0.15) is 5.75 Å². The van der Waals surface area contributed by atoms with Crippen LogP contribution in [0, 0.1) is 5.41 Å². The van der Waals surface area contributed by atoms with E-state index < -0.39 is 0 Å². The molecular formula is C19H28N2O3. The predicted molar refractivity (Wildman–Crippen MR) is 93.1 cm³/mol. The molecule has 2 fully saturated rings. The summed E-state index contributed by atoms with van der Waals surface area (Å²) in [5, 5.41) is 0. The first-order chi connectivity index (χ1) is 11.6. The van der Waals surface area contributed by atoms with Crippen molar-refractivity contribution in [3.63, 3.8) is 0 Å². The van der Waals surface area contributed by atoms with Crippen LogP contribution < -0.4 is 4.74 Å². The number of benzene rings is 1. The van der Waals surface area contributed by atoms with Crippen molar-refractivity contribution >= 4 is 5.91 Å². The van der Waals surface area contributed by atoms with E-state index in [-0.39, 0.29) is 12.5 Å². The topological polar surface area (TPSA) is 42.0 Å². The summed E-state index contributed by atoms with van der Waals surface area (Å²) in [6.45, 7) is 3.72. The lowest BCUT2D eigenvalue weighted by molar-refractivity contribution is -0.135. The lowest BCUT2D eigenvalue weighted by Crippen LogP contribution is -2.45. The molecule has 0 radical (unpaired) electrons. The first kappa shape index (κ1) is 17.2. The fourth-order valence-corrected chi connectivity index (χ4v) is 4.10. The number of hydrogen-bond donors (Lipinski definition) is 0. The third-order valence-electron chi connectivity index (χ3n) is 5.52. The van der Waals surface area contributed by atoms with Crippen LogP contribution in [0.1, 0.15) is 19.3 Å². The average molecular weight is 332 g/mol. The molecule has 0 aliphatic carbocycles. The average Bonchev–Trinajstić information content (AvgIpc) is 2.90. The zero-order chi connectivity index (χ0) is 17.0. The van der Waals surface area contributed by atoms with E-state index in [0.717, 1.165) is 44.8 Å². The smallest absolute Gasteiger partial charge is 0.260 e. The van der Waals surface area contributed by atoms with Crippen molar-refractivity contribution in [2.75, 3.05) is 47.0 Å². The summed E-state index contributed by atoms with van der Waals surface area (Å²) in [4.78, 5) is 16.7. The minimum Gasteiger partial charge on any atom is -0.484 e. The van der Waals surface area contributed by atoms with E-state index in [1.807, 2.05) is 35.2 Å². The Morgan fingerprint density at radius 2 is 1.96 bits per heavy atom. The number of amides is 1. The molecule has 0 bridgehead atoms. The molecule has 2 aliphatic heterocycles. The summed E-state index contributed by atoms with van der Waals surface area (Å²) in [5.41, 5.74) is 0.356. The Hall–Kier alpha value is -1.59. The molecule has 0 unspecified atom stereocenters. The van der Waals surface area contributed by atoms with Gasteiger partial charge in [0.25, 0.3) is 5.91 Å². The highest BCUT2D eigenvalue weighted by molar-refractivity contribution is 5.77. The molecule has 1 aromatic carbocycles. The molecule has 0 aromatic heterocycles. The normalized spacial score (nSPS) is 23.6. The van der Waals surface area contributed by atoms with Crippen LogP contribution in [0.2, 0.25) is 0 Å². The molecule has 1 spiro atoms. The highest BCUT2D eigenvalue weighted by atomic mass is 16.5. The van der Waals surface area contributed by atoms with Gasteiger partial charge in [0, 0.05) is 32.8 Å². The summed E-state index contributed by atoms with van der Waals surface area (Å²) in [6.07, 6.45) is 3.34. The summed E-state index contributed by atoms with van der Waals surface area (Å²) in [7, 11) is 3.95. The standard InChI is InChI=1S/C19H28N2O3/c1-20-15-19(12-16(20)13-23-2)8-10-21(11-9-19)18(22)14-24-17-6-4-3-5-7-17/h3-7,16H,8-15H2,1-2H3/t16-/m1/s1. The number of ether oxygens (including phenoxy) is 2. The van der Waals surface area contributed by atoms with Gasteiger partial charge in [-0.05, 0) is 43.9 Å². The number of rotatable bonds is 5. The lowest BCUT2D eigenvalue weighted by atomic mass is 9.76. The zero-order valence-corrected chi connectivity index (χ0v) is 14.7. The van der Waals surface area contributed by atoms with E-state index in [2.05, 4.69) is 11.9 Å². The Bertz CT molecular complexity index is 541. The number of nitrogens with zero attached hydrogens (tertiary/aromatic N) is 2. The first-order valence-corrected chi connectivity index (χ1v) is 8.77. The van der Waals surface area contributed by atoms with Gasteiger partial charge < -0.3 is 19.3 Å². The maximum Gasteiger partial charge on any atom is 0.260 e. The Kier molecular flexibility index (Phi) is 5.41. The number of carbonyl (C=O) groups excluding carboxylic acids is 1. The van der Waals surface area contributed by atoms with Crippen molar-refractivity contribution in [3.05, 3.63) is 30.3 Å². The molecule has 1 aromatic rings. The van der Waals surface area contributed by atoms with E-state index >= 15 is 0 Å². The fourth-order valence-electron chi connectivity index (χ4n) is 4.10. The van der Waals surface area contributed by atoms with Gasteiger partial charge in [0.2, 0.25) is 0 Å². The summed E-state index contributed by atoms with van der Waals surface area (Å²) < 4.78 is 10.9. The predicted octanol–water partition coefficient (Wildman–Crippen LogP) is 2.02. The SMILES string of the molecule is COC[C@H]1CC2(CCN(C(=O)COc3ccccc3)CC2)CN1C. The van der Waals surface area contributed by atoms with Gasteiger partial charge >= 0.3 is 0 Å². The molecule has 0 saturated carbocycles. The highest BCUT2D eigenvalue weighted by Crippen LogP contribution is 2.42. The number of hydrogen-bond acceptors (Lipinski definition) is 4. The number of para-hydroxylation sites is 1. The second-order valence-corrected chi connectivity index (χ2v) is 7.21. The molecule has 24 heavy (non-hydrogen) atoms. The summed E-state index contributed by atoms with van der Waals surface area (Å²) >= 11 is 0. The number of carbonyl (C=O) groups is 1. The van der Waals surface area contributed by atoms with E-state index in [1.165, 1.54) is 6.42 Å². The van der Waals surface area contributed by atoms with Gasteiger partial charge in [-0.2, -0.15) is 0 Å². The third-order valence-corrected chi connectivity index (χ3v) is 5.52. The van der Waals surface area contributed by atoms with Crippen molar-refractivity contribution in [2.24, 2.45) is 5.41 Å². The van der Waals surface area contributed by atoms with Crippen LogP contribution in [0.3, 0.4) is 0 Å². The highest BCUT2D eigenvalue weighted by Gasteiger charge is 2.44. The maximum atomic E-state index is 12.4. The second-order valence-electron chi connectivity index (χ2n) is 7.21. The Balaban J connectivity index is 1.47. The molecule has 5 heteroatoms. The minimum absolute atomic E-state index is 0.0912. The van der Waals surface area contributed by atoms with Crippen LogP contribution in [0.15, 0.2) is 30.3 Å². The van der Waals surface area contributed by atoms with E-state index in [4.69, 9.17) is 9.47 Å². The Morgan fingerprint density at radius 1 is 1.25 bits per heavy atom. The van der Waals surface area contributed by atoms with Crippen LogP contribution in [0.4, 0.5) is 0 Å². The molecule has 2 aliphatic rings. The quantitative estimate of drug-likeness (QED) is 0.827. The molecule has 3 rings (SSSR count). The molecule has 0 N–H and O–H groups in total. The van der Waals surface area contributed by atoms with Gasteiger partial charge in [-0.15, -0.1) is 0 Å². The molecule has 5 nitrogen and oxygen atoms in total. The molecule has 2 saturated heterocycles. The fraction of sp³-hybridized carbons (Fsp3) is 0.632. The monoisotopic (exact) mass is 332 g/mol. The van der Waals surface area contributed by atoms with Crippen molar-refractivity contribution in [3.8, 4) is 5.75 Å². The van der Waals surface area contributed by atoms with Crippen molar-refractivity contribution in [1.29, 1.82) is 0 Å². The third kappa shape index (κ3) is 3.90. The van der Waals surface area contributed by atoms with Crippen LogP contribution in [-0.4, -0.2) is 68.8 Å². The van der Waals surface area contributed by atoms with E-state index in [1.54, 1.807) is 7.11 Å². The number of likely N-dealkylation sites (N-methyl/N-ethyl adjacent to an activating group) is 1. The zero-order valence-electron chi connectivity index (χ0n) is 14.7. The summed E-state index contributed by atoms with van der Waals surface area (Å²) in [6, 6.07) is 10.0. The second kappa shape index (κ2) is 7.53. The molecule has 1 amide bonds. The van der Waals surface area contributed by atoms with E-state index in [0.29, 0.717) is 11.5 Å². The molecule has 132 valence electrons.